The number of imidazole rings is 1. The van der Waals surface area contributed by atoms with Gasteiger partial charge < -0.3 is 20.7 Å². The molecule has 2 amide bonds. The lowest BCUT2D eigenvalue weighted by Crippen LogP contribution is -2.45. The summed E-state index contributed by atoms with van der Waals surface area (Å²) in [7, 11) is 0. The van der Waals surface area contributed by atoms with E-state index in [-0.39, 0.29) is 25.0 Å². The van der Waals surface area contributed by atoms with Crippen molar-refractivity contribution >= 4 is 23.3 Å². The topological polar surface area (TPSA) is 121 Å². The standard InChI is InChI=1S/C26H30N6O3/c1-17-8-10-19(11-9-17)22-24(29-16-20-6-4-15-35-20)32-14-3-7-21(23(32)31-22)26(34)30-18(2)25(33)28-13-5-12-27/h3,7-11,14,18,20,29H,4-6,13,15-16H2,1-2H3,(H,28,33)(H,30,34). The number of nitrogens with one attached hydrogen (secondary N) is 3. The largest absolute Gasteiger partial charge is 0.376 e. The van der Waals surface area contributed by atoms with E-state index in [4.69, 9.17) is 15.0 Å². The van der Waals surface area contributed by atoms with Gasteiger partial charge in [-0.15, -0.1) is 0 Å². The van der Waals surface area contributed by atoms with Crippen LogP contribution in [0.5, 0.6) is 0 Å². The van der Waals surface area contributed by atoms with Gasteiger partial charge in [0.2, 0.25) is 5.91 Å². The molecule has 0 saturated carbocycles. The quantitative estimate of drug-likeness (QED) is 0.410. The van der Waals surface area contributed by atoms with E-state index in [0.717, 1.165) is 42.1 Å². The molecule has 9 nitrogen and oxygen atoms in total. The lowest BCUT2D eigenvalue weighted by atomic mass is 10.1. The highest BCUT2D eigenvalue weighted by molar-refractivity contribution is 6.02. The lowest BCUT2D eigenvalue weighted by Gasteiger charge is -2.15. The number of carbonyl (C=O) groups is 2. The molecule has 0 radical (unpaired) electrons. The smallest absolute Gasteiger partial charge is 0.255 e. The first-order valence-electron chi connectivity index (χ1n) is 11.9. The monoisotopic (exact) mass is 474 g/mol. The number of hydrogen-bond acceptors (Lipinski definition) is 6. The van der Waals surface area contributed by atoms with E-state index < -0.39 is 11.9 Å². The molecule has 2 aromatic heterocycles. The molecular formula is C26H30N6O3. The summed E-state index contributed by atoms with van der Waals surface area (Å²) in [6.07, 6.45) is 4.27. The molecule has 1 aliphatic rings. The zero-order chi connectivity index (χ0) is 24.8. The SMILES string of the molecule is Cc1ccc(-c2nc3c(C(=O)NC(C)C(=O)NCCC#N)cccn3c2NCC2CCCO2)cc1. The Kier molecular flexibility index (Phi) is 7.63. The molecule has 3 N–H and O–H groups in total. The Morgan fingerprint density at radius 3 is 2.80 bits per heavy atom. The molecule has 0 aliphatic carbocycles. The molecule has 182 valence electrons. The number of benzene rings is 1. The highest BCUT2D eigenvalue weighted by atomic mass is 16.5. The van der Waals surface area contributed by atoms with Crippen molar-refractivity contribution in [2.75, 3.05) is 25.0 Å². The molecular weight excluding hydrogens is 444 g/mol. The maximum absolute atomic E-state index is 13.1. The van der Waals surface area contributed by atoms with E-state index in [2.05, 4.69) is 16.0 Å². The first-order valence-corrected chi connectivity index (χ1v) is 11.9. The number of fused-ring (bicyclic) bond motifs is 1. The molecule has 3 heterocycles. The Hall–Kier alpha value is -3.90. The number of pyridine rings is 1. The van der Waals surface area contributed by atoms with Gasteiger partial charge in [-0.05, 0) is 38.8 Å². The summed E-state index contributed by atoms with van der Waals surface area (Å²) in [6.45, 7) is 5.30. The van der Waals surface area contributed by atoms with Gasteiger partial charge in [-0.25, -0.2) is 4.98 Å². The zero-order valence-corrected chi connectivity index (χ0v) is 20.0. The number of amides is 2. The van der Waals surface area contributed by atoms with Gasteiger partial charge in [0, 0.05) is 31.5 Å². The molecule has 3 aromatic rings. The highest BCUT2D eigenvalue weighted by Gasteiger charge is 2.23. The molecule has 4 rings (SSSR count). The van der Waals surface area contributed by atoms with Crippen LogP contribution in [0, 0.1) is 18.3 Å². The van der Waals surface area contributed by atoms with E-state index in [1.165, 1.54) is 0 Å². The third-order valence-corrected chi connectivity index (χ3v) is 6.02. The Morgan fingerprint density at radius 1 is 1.29 bits per heavy atom. The van der Waals surface area contributed by atoms with Gasteiger partial charge in [0.25, 0.3) is 5.91 Å². The van der Waals surface area contributed by atoms with E-state index in [1.54, 1.807) is 19.1 Å². The Bertz CT molecular complexity index is 1240. The van der Waals surface area contributed by atoms with Crippen LogP contribution in [0.2, 0.25) is 0 Å². The predicted octanol–water partition coefficient (Wildman–Crippen LogP) is 3.05. The van der Waals surface area contributed by atoms with Crippen LogP contribution in [0.25, 0.3) is 16.9 Å². The van der Waals surface area contributed by atoms with E-state index in [0.29, 0.717) is 17.8 Å². The summed E-state index contributed by atoms with van der Waals surface area (Å²) in [5.41, 5.74) is 3.68. The van der Waals surface area contributed by atoms with E-state index in [9.17, 15) is 9.59 Å². The summed E-state index contributed by atoms with van der Waals surface area (Å²) in [4.78, 5) is 30.2. The summed E-state index contributed by atoms with van der Waals surface area (Å²) < 4.78 is 7.65. The van der Waals surface area contributed by atoms with Crippen LogP contribution in [0.1, 0.15) is 42.1 Å². The van der Waals surface area contributed by atoms with Crippen LogP contribution in [0.15, 0.2) is 42.6 Å². The summed E-state index contributed by atoms with van der Waals surface area (Å²) >= 11 is 0. The van der Waals surface area contributed by atoms with Crippen molar-refractivity contribution in [3.8, 4) is 17.3 Å². The van der Waals surface area contributed by atoms with Crippen molar-refractivity contribution in [1.82, 2.24) is 20.0 Å². The van der Waals surface area contributed by atoms with Crippen LogP contribution in [0.3, 0.4) is 0 Å². The third kappa shape index (κ3) is 5.61. The van der Waals surface area contributed by atoms with Crippen molar-refractivity contribution in [3.05, 3.63) is 53.7 Å². The number of nitrogens with zero attached hydrogens (tertiary/aromatic N) is 3. The number of ether oxygens (including phenoxy) is 1. The van der Waals surface area contributed by atoms with Crippen LogP contribution in [0.4, 0.5) is 5.82 Å². The van der Waals surface area contributed by atoms with Crippen LogP contribution in [-0.4, -0.2) is 53.0 Å². The van der Waals surface area contributed by atoms with Gasteiger partial charge >= 0.3 is 0 Å². The van der Waals surface area contributed by atoms with Gasteiger partial charge in [-0.1, -0.05) is 29.8 Å². The van der Waals surface area contributed by atoms with Gasteiger partial charge in [-0.2, -0.15) is 5.26 Å². The molecule has 35 heavy (non-hydrogen) atoms. The Labute approximate surface area is 204 Å². The number of carbonyl (C=O) groups excluding carboxylic acids is 2. The molecule has 0 spiro atoms. The number of rotatable bonds is 9. The van der Waals surface area contributed by atoms with Crippen LogP contribution in [-0.2, 0) is 9.53 Å². The van der Waals surface area contributed by atoms with Gasteiger partial charge in [-0.3, -0.25) is 14.0 Å². The normalized spacial score (nSPS) is 16.0. The molecule has 9 heteroatoms. The zero-order valence-electron chi connectivity index (χ0n) is 20.0. The van der Waals surface area contributed by atoms with Crippen molar-refractivity contribution < 1.29 is 14.3 Å². The average Bonchev–Trinajstić information content (AvgIpc) is 3.51. The minimum atomic E-state index is -0.759. The second-order valence-corrected chi connectivity index (χ2v) is 8.70. The van der Waals surface area contributed by atoms with Crippen molar-refractivity contribution in [2.45, 2.75) is 45.3 Å². The van der Waals surface area contributed by atoms with Gasteiger partial charge in [0.05, 0.1) is 24.2 Å². The first-order chi connectivity index (χ1) is 17.0. The van der Waals surface area contributed by atoms with Crippen molar-refractivity contribution in [2.24, 2.45) is 0 Å². The van der Waals surface area contributed by atoms with Crippen molar-refractivity contribution in [1.29, 1.82) is 5.26 Å². The Balaban J connectivity index is 1.64. The van der Waals surface area contributed by atoms with E-state index in [1.807, 2.05) is 47.9 Å². The molecule has 1 aliphatic heterocycles. The average molecular weight is 475 g/mol. The fourth-order valence-corrected chi connectivity index (χ4v) is 4.08. The lowest BCUT2D eigenvalue weighted by molar-refractivity contribution is -0.122. The molecule has 1 aromatic carbocycles. The summed E-state index contributed by atoms with van der Waals surface area (Å²) in [5, 5.41) is 17.5. The van der Waals surface area contributed by atoms with Crippen LogP contribution >= 0.6 is 0 Å². The van der Waals surface area contributed by atoms with E-state index >= 15 is 0 Å². The molecule has 2 atom stereocenters. The Morgan fingerprint density at radius 2 is 2.09 bits per heavy atom. The van der Waals surface area contributed by atoms with Crippen molar-refractivity contribution in [3.63, 3.8) is 0 Å². The third-order valence-electron chi connectivity index (χ3n) is 6.02. The minimum absolute atomic E-state index is 0.137. The number of aryl methyl sites for hydroxylation is 1. The second-order valence-electron chi connectivity index (χ2n) is 8.70. The molecule has 1 saturated heterocycles. The van der Waals surface area contributed by atoms with Gasteiger partial charge in [0.1, 0.15) is 17.6 Å². The highest BCUT2D eigenvalue weighted by Crippen LogP contribution is 2.30. The maximum atomic E-state index is 13.1. The maximum Gasteiger partial charge on any atom is 0.255 e. The minimum Gasteiger partial charge on any atom is -0.376 e. The second kappa shape index (κ2) is 11.0. The summed E-state index contributed by atoms with van der Waals surface area (Å²) in [6, 6.07) is 12.8. The van der Waals surface area contributed by atoms with Gasteiger partial charge in [0.15, 0.2) is 5.65 Å². The molecule has 2 unspecified atom stereocenters. The number of aromatic nitrogens is 2. The molecule has 0 bridgehead atoms. The fourth-order valence-electron chi connectivity index (χ4n) is 4.08. The number of nitriles is 1. The predicted molar refractivity (Wildman–Crippen MR) is 133 cm³/mol. The molecule has 1 fully saturated rings. The number of hydrogen-bond donors (Lipinski definition) is 3. The first kappa shape index (κ1) is 24.2. The van der Waals surface area contributed by atoms with Crippen LogP contribution < -0.4 is 16.0 Å². The summed E-state index contributed by atoms with van der Waals surface area (Å²) in [5.74, 6) is 0.0455. The fraction of sp³-hybridized carbons (Fsp3) is 0.385. The number of anilines is 1.